The molecule has 0 radical (unpaired) electrons. The summed E-state index contributed by atoms with van der Waals surface area (Å²) in [6.45, 7) is 8.74. The van der Waals surface area contributed by atoms with Crippen molar-refractivity contribution in [3.8, 4) is 5.75 Å². The van der Waals surface area contributed by atoms with Gasteiger partial charge in [0.2, 0.25) is 0 Å². The standard InChI is InChI=1S/C10H16OSi/c1-8-5-6-9(7-10(8)11)12(2,3)4/h5-7,11H,1-4H3. The third-order valence-electron chi connectivity index (χ3n) is 2.08. The van der Waals surface area contributed by atoms with Gasteiger partial charge >= 0.3 is 0 Å². The summed E-state index contributed by atoms with van der Waals surface area (Å²) in [6, 6.07) is 6.02. The van der Waals surface area contributed by atoms with Crippen LogP contribution in [-0.2, 0) is 0 Å². The molecule has 0 aliphatic rings. The van der Waals surface area contributed by atoms with Crippen molar-refractivity contribution in [3.63, 3.8) is 0 Å². The van der Waals surface area contributed by atoms with E-state index in [0.717, 1.165) is 5.56 Å². The fourth-order valence-corrected chi connectivity index (χ4v) is 2.23. The molecule has 0 aliphatic carbocycles. The van der Waals surface area contributed by atoms with Crippen molar-refractivity contribution in [3.05, 3.63) is 23.8 Å². The van der Waals surface area contributed by atoms with Crippen LogP contribution in [0.2, 0.25) is 19.6 Å². The van der Waals surface area contributed by atoms with Crippen LogP contribution < -0.4 is 5.19 Å². The van der Waals surface area contributed by atoms with Crippen molar-refractivity contribution in [2.24, 2.45) is 0 Å². The molecule has 0 unspecified atom stereocenters. The highest BCUT2D eigenvalue weighted by Gasteiger charge is 2.16. The van der Waals surface area contributed by atoms with E-state index in [9.17, 15) is 5.11 Å². The van der Waals surface area contributed by atoms with Crippen LogP contribution >= 0.6 is 0 Å². The molecule has 0 saturated heterocycles. The number of aromatic hydroxyl groups is 1. The molecule has 0 aliphatic heterocycles. The average molecular weight is 180 g/mol. The molecule has 0 spiro atoms. The van der Waals surface area contributed by atoms with Crippen LogP contribution in [0.15, 0.2) is 18.2 Å². The molecule has 12 heavy (non-hydrogen) atoms. The Labute approximate surface area is 75.1 Å². The molecular formula is C10H16OSi. The summed E-state index contributed by atoms with van der Waals surface area (Å²) >= 11 is 0. The summed E-state index contributed by atoms with van der Waals surface area (Å²) in [5, 5.41) is 10.8. The van der Waals surface area contributed by atoms with E-state index in [1.54, 1.807) is 0 Å². The molecule has 0 heterocycles. The second-order valence-corrected chi connectivity index (χ2v) is 9.33. The normalized spacial score (nSPS) is 11.7. The molecule has 2 heteroatoms. The van der Waals surface area contributed by atoms with Gasteiger partial charge in [-0.15, -0.1) is 0 Å². The number of phenols is 1. The fourth-order valence-electron chi connectivity index (χ4n) is 1.08. The maximum Gasteiger partial charge on any atom is 0.118 e. The van der Waals surface area contributed by atoms with E-state index >= 15 is 0 Å². The number of hydrogen-bond donors (Lipinski definition) is 1. The minimum absolute atomic E-state index is 0.426. The third kappa shape index (κ3) is 1.88. The Morgan fingerprint density at radius 3 is 2.17 bits per heavy atom. The molecule has 1 N–H and O–H groups in total. The van der Waals surface area contributed by atoms with E-state index in [-0.39, 0.29) is 0 Å². The summed E-state index contributed by atoms with van der Waals surface area (Å²) in [4.78, 5) is 0. The van der Waals surface area contributed by atoms with E-state index in [1.165, 1.54) is 5.19 Å². The Balaban J connectivity index is 3.14. The lowest BCUT2D eigenvalue weighted by atomic mass is 10.2. The predicted octanol–water partition coefficient (Wildman–Crippen LogP) is 2.25. The highest BCUT2D eigenvalue weighted by Crippen LogP contribution is 2.14. The van der Waals surface area contributed by atoms with Gasteiger partial charge in [0.05, 0.1) is 8.07 Å². The van der Waals surface area contributed by atoms with Gasteiger partial charge in [0.1, 0.15) is 5.75 Å². The first-order valence-corrected chi connectivity index (χ1v) is 7.71. The van der Waals surface area contributed by atoms with E-state index in [4.69, 9.17) is 0 Å². The van der Waals surface area contributed by atoms with Crippen LogP contribution in [0, 0.1) is 6.92 Å². The van der Waals surface area contributed by atoms with Crippen LogP contribution in [0.4, 0.5) is 0 Å². The maximum absolute atomic E-state index is 9.49. The molecule has 1 aromatic carbocycles. The number of aryl methyl sites for hydroxylation is 1. The molecule has 1 aromatic rings. The first kappa shape index (κ1) is 9.33. The molecule has 0 fully saturated rings. The van der Waals surface area contributed by atoms with Crippen LogP contribution in [-0.4, -0.2) is 13.2 Å². The lowest BCUT2D eigenvalue weighted by Gasteiger charge is -2.16. The Hall–Kier alpha value is -0.763. The molecular weight excluding hydrogens is 164 g/mol. The molecule has 0 atom stereocenters. The molecule has 0 amide bonds. The maximum atomic E-state index is 9.49. The molecule has 66 valence electrons. The van der Waals surface area contributed by atoms with E-state index in [1.807, 2.05) is 19.1 Å². The second kappa shape index (κ2) is 2.94. The first-order chi connectivity index (χ1) is 5.41. The monoisotopic (exact) mass is 180 g/mol. The lowest BCUT2D eigenvalue weighted by molar-refractivity contribution is 0.471. The van der Waals surface area contributed by atoms with Gasteiger partial charge in [-0.1, -0.05) is 37.0 Å². The molecule has 0 aromatic heterocycles. The topological polar surface area (TPSA) is 20.2 Å². The van der Waals surface area contributed by atoms with E-state index < -0.39 is 8.07 Å². The quantitative estimate of drug-likeness (QED) is 0.657. The summed E-state index contributed by atoms with van der Waals surface area (Å²) < 4.78 is 0. The molecule has 1 nitrogen and oxygen atoms in total. The van der Waals surface area contributed by atoms with Crippen molar-refractivity contribution < 1.29 is 5.11 Å². The zero-order valence-corrected chi connectivity index (χ0v) is 9.18. The summed E-state index contributed by atoms with van der Waals surface area (Å²) in [7, 11) is -1.25. The van der Waals surface area contributed by atoms with Gasteiger partial charge in [-0.05, 0) is 18.6 Å². The SMILES string of the molecule is Cc1ccc([Si](C)(C)C)cc1O. The van der Waals surface area contributed by atoms with Crippen molar-refractivity contribution in [2.45, 2.75) is 26.6 Å². The van der Waals surface area contributed by atoms with Gasteiger partial charge in [-0.25, -0.2) is 0 Å². The summed E-state index contributed by atoms with van der Waals surface area (Å²) in [5.74, 6) is 0.426. The summed E-state index contributed by atoms with van der Waals surface area (Å²) in [5.41, 5.74) is 0.956. The Kier molecular flexibility index (Phi) is 2.28. The van der Waals surface area contributed by atoms with E-state index in [0.29, 0.717) is 5.75 Å². The van der Waals surface area contributed by atoms with Crippen LogP contribution in [0.3, 0.4) is 0 Å². The Morgan fingerprint density at radius 1 is 1.17 bits per heavy atom. The minimum atomic E-state index is -1.25. The zero-order valence-electron chi connectivity index (χ0n) is 8.18. The van der Waals surface area contributed by atoms with Gasteiger partial charge in [0, 0.05) is 0 Å². The smallest absolute Gasteiger partial charge is 0.118 e. The highest BCUT2D eigenvalue weighted by atomic mass is 28.3. The Bertz CT molecular complexity index is 286. The van der Waals surface area contributed by atoms with Crippen LogP contribution in [0.1, 0.15) is 5.56 Å². The zero-order chi connectivity index (χ0) is 9.35. The molecule has 0 saturated carbocycles. The average Bonchev–Trinajstić information content (AvgIpc) is 1.92. The van der Waals surface area contributed by atoms with Crippen molar-refractivity contribution in [1.82, 2.24) is 0 Å². The van der Waals surface area contributed by atoms with Crippen LogP contribution in [0.25, 0.3) is 0 Å². The third-order valence-corrected chi connectivity index (χ3v) is 4.12. The van der Waals surface area contributed by atoms with Gasteiger partial charge in [-0.3, -0.25) is 0 Å². The number of benzene rings is 1. The van der Waals surface area contributed by atoms with Gasteiger partial charge < -0.3 is 5.11 Å². The fraction of sp³-hybridized carbons (Fsp3) is 0.400. The van der Waals surface area contributed by atoms with Crippen LogP contribution in [0.5, 0.6) is 5.75 Å². The van der Waals surface area contributed by atoms with Gasteiger partial charge in [-0.2, -0.15) is 0 Å². The highest BCUT2D eigenvalue weighted by molar-refractivity contribution is 6.88. The van der Waals surface area contributed by atoms with Crippen molar-refractivity contribution in [1.29, 1.82) is 0 Å². The molecule has 1 rings (SSSR count). The first-order valence-electron chi connectivity index (χ1n) is 4.21. The Morgan fingerprint density at radius 2 is 1.75 bits per heavy atom. The number of rotatable bonds is 1. The molecule has 0 bridgehead atoms. The largest absolute Gasteiger partial charge is 0.508 e. The number of phenolic OH excluding ortho intramolecular Hbond substituents is 1. The second-order valence-electron chi connectivity index (χ2n) is 4.25. The van der Waals surface area contributed by atoms with Gasteiger partial charge in [0.25, 0.3) is 0 Å². The summed E-state index contributed by atoms with van der Waals surface area (Å²) in [6.07, 6.45) is 0. The lowest BCUT2D eigenvalue weighted by Crippen LogP contribution is -2.37. The van der Waals surface area contributed by atoms with E-state index in [2.05, 4.69) is 25.7 Å². The predicted molar refractivity (Wildman–Crippen MR) is 55.8 cm³/mol. The minimum Gasteiger partial charge on any atom is -0.508 e. The number of hydrogen-bond acceptors (Lipinski definition) is 1. The van der Waals surface area contributed by atoms with Gasteiger partial charge in [0.15, 0.2) is 0 Å². The van der Waals surface area contributed by atoms with Crippen molar-refractivity contribution in [2.75, 3.05) is 0 Å². The van der Waals surface area contributed by atoms with Crippen molar-refractivity contribution >= 4 is 13.3 Å².